The van der Waals surface area contributed by atoms with Crippen LogP contribution in [0, 0.1) is 0 Å². The molecule has 1 aromatic heterocycles. The summed E-state index contributed by atoms with van der Waals surface area (Å²) in [5.74, 6) is 0. The number of hydrogen-bond donors (Lipinski definition) is 1. The van der Waals surface area contributed by atoms with Gasteiger partial charge in [-0.2, -0.15) is 5.10 Å². The van der Waals surface area contributed by atoms with Crippen molar-refractivity contribution in [2.75, 3.05) is 6.26 Å². The van der Waals surface area contributed by atoms with Crippen LogP contribution in [-0.4, -0.2) is 21.1 Å². The zero-order valence-corrected chi connectivity index (χ0v) is 11.5. The second-order valence-corrected chi connectivity index (χ2v) is 5.09. The molecular weight excluding hydrogens is 244 g/mol. The predicted octanol–water partition coefficient (Wildman–Crippen LogP) is 2.81. The normalized spacial score (nSPS) is 12.6. The smallest absolute Gasteiger partial charge is 0.0804 e. The molecule has 3 nitrogen and oxygen atoms in total. The molecule has 2 rings (SSSR count). The van der Waals surface area contributed by atoms with Gasteiger partial charge in [-0.15, -0.1) is 11.8 Å². The van der Waals surface area contributed by atoms with Gasteiger partial charge in [-0.1, -0.05) is 18.2 Å². The van der Waals surface area contributed by atoms with E-state index in [4.69, 9.17) is 0 Å². The second kappa shape index (κ2) is 6.07. The fourth-order valence-electron chi connectivity index (χ4n) is 2.03. The van der Waals surface area contributed by atoms with Crippen molar-refractivity contribution >= 4 is 11.8 Å². The van der Waals surface area contributed by atoms with Crippen molar-refractivity contribution in [1.82, 2.24) is 9.78 Å². The number of aromatic nitrogens is 2. The lowest BCUT2D eigenvalue weighted by atomic mass is 10.0. The first-order valence-electron chi connectivity index (χ1n) is 6.00. The maximum atomic E-state index is 10.3. The highest BCUT2D eigenvalue weighted by atomic mass is 32.2. The number of aliphatic hydroxyl groups excluding tert-OH is 1. The molecule has 0 aliphatic rings. The van der Waals surface area contributed by atoms with Crippen LogP contribution in [0.3, 0.4) is 0 Å². The molecule has 0 radical (unpaired) electrons. The van der Waals surface area contributed by atoms with Crippen LogP contribution in [0.4, 0.5) is 0 Å². The van der Waals surface area contributed by atoms with Gasteiger partial charge in [-0.05, 0) is 36.8 Å². The van der Waals surface area contributed by atoms with E-state index in [0.717, 1.165) is 29.0 Å². The Labute approximate surface area is 112 Å². The molecule has 2 aromatic rings. The molecule has 4 heteroatoms. The summed E-state index contributed by atoms with van der Waals surface area (Å²) in [5.41, 5.74) is 2.17. The van der Waals surface area contributed by atoms with E-state index < -0.39 is 6.10 Å². The van der Waals surface area contributed by atoms with Gasteiger partial charge in [0.25, 0.3) is 0 Å². The van der Waals surface area contributed by atoms with E-state index in [1.54, 1.807) is 18.0 Å². The fourth-order valence-corrected chi connectivity index (χ4v) is 2.68. The van der Waals surface area contributed by atoms with E-state index in [1.165, 1.54) is 0 Å². The van der Waals surface area contributed by atoms with E-state index >= 15 is 0 Å². The maximum absolute atomic E-state index is 10.3. The van der Waals surface area contributed by atoms with Crippen molar-refractivity contribution in [3.63, 3.8) is 0 Å². The molecule has 0 saturated heterocycles. The molecule has 1 N–H and O–H groups in total. The van der Waals surface area contributed by atoms with Crippen molar-refractivity contribution < 1.29 is 5.11 Å². The number of aryl methyl sites for hydroxylation is 2. The van der Waals surface area contributed by atoms with Crippen LogP contribution in [0.15, 0.2) is 41.4 Å². The molecule has 1 heterocycles. The van der Waals surface area contributed by atoms with Crippen LogP contribution < -0.4 is 0 Å². The Kier molecular flexibility index (Phi) is 4.44. The highest BCUT2D eigenvalue weighted by molar-refractivity contribution is 7.98. The molecule has 18 heavy (non-hydrogen) atoms. The van der Waals surface area contributed by atoms with E-state index in [0.29, 0.717) is 0 Å². The number of aliphatic hydroxyl groups is 1. The van der Waals surface area contributed by atoms with Gasteiger partial charge in [0.1, 0.15) is 0 Å². The number of hydrogen-bond acceptors (Lipinski definition) is 3. The van der Waals surface area contributed by atoms with Crippen LogP contribution in [-0.2, 0) is 13.5 Å². The Balaban J connectivity index is 2.03. The van der Waals surface area contributed by atoms with Gasteiger partial charge >= 0.3 is 0 Å². The summed E-state index contributed by atoms with van der Waals surface area (Å²) in [6, 6.07) is 10.0. The molecule has 1 unspecified atom stereocenters. The molecule has 0 aliphatic heterocycles. The van der Waals surface area contributed by atoms with Crippen molar-refractivity contribution in [1.29, 1.82) is 0 Å². The Morgan fingerprint density at radius 3 is 2.78 bits per heavy atom. The first kappa shape index (κ1) is 13.2. The van der Waals surface area contributed by atoms with Gasteiger partial charge in [0, 0.05) is 23.8 Å². The minimum atomic E-state index is -0.413. The predicted molar refractivity (Wildman–Crippen MR) is 74.7 cm³/mol. The molecule has 96 valence electrons. The third-order valence-electron chi connectivity index (χ3n) is 3.09. The molecule has 0 aliphatic carbocycles. The lowest BCUT2D eigenvalue weighted by Gasteiger charge is -2.14. The highest BCUT2D eigenvalue weighted by Crippen LogP contribution is 2.28. The average molecular weight is 262 g/mol. The Hall–Kier alpha value is -1.26. The lowest BCUT2D eigenvalue weighted by Crippen LogP contribution is -2.04. The zero-order chi connectivity index (χ0) is 13.0. The summed E-state index contributed by atoms with van der Waals surface area (Å²) >= 11 is 1.67. The minimum Gasteiger partial charge on any atom is -0.388 e. The molecule has 0 spiro atoms. The molecule has 0 bridgehead atoms. The Morgan fingerprint density at radius 2 is 2.11 bits per heavy atom. The summed E-state index contributed by atoms with van der Waals surface area (Å²) in [7, 11) is 1.93. The fraction of sp³-hybridized carbons (Fsp3) is 0.357. The van der Waals surface area contributed by atoms with Crippen molar-refractivity contribution in [2.24, 2.45) is 7.05 Å². The van der Waals surface area contributed by atoms with Crippen molar-refractivity contribution in [2.45, 2.75) is 23.8 Å². The van der Waals surface area contributed by atoms with Gasteiger partial charge in [-0.25, -0.2) is 0 Å². The van der Waals surface area contributed by atoms with Crippen LogP contribution in [0.25, 0.3) is 0 Å². The third kappa shape index (κ3) is 2.94. The maximum Gasteiger partial charge on any atom is 0.0804 e. The van der Waals surface area contributed by atoms with Crippen molar-refractivity contribution in [3.8, 4) is 0 Å². The summed E-state index contributed by atoms with van der Waals surface area (Å²) in [6.07, 6.45) is 4.96. The molecule has 1 aromatic carbocycles. The Morgan fingerprint density at radius 1 is 1.33 bits per heavy atom. The summed E-state index contributed by atoms with van der Waals surface area (Å²) < 4.78 is 1.85. The first-order chi connectivity index (χ1) is 8.72. The summed E-state index contributed by atoms with van der Waals surface area (Å²) in [6.45, 7) is 0. The highest BCUT2D eigenvalue weighted by Gasteiger charge is 2.12. The van der Waals surface area contributed by atoms with Gasteiger partial charge < -0.3 is 5.11 Å². The summed E-state index contributed by atoms with van der Waals surface area (Å²) in [4.78, 5) is 1.15. The Bertz CT molecular complexity index is 510. The largest absolute Gasteiger partial charge is 0.388 e. The van der Waals surface area contributed by atoms with E-state index in [1.807, 2.05) is 48.3 Å². The van der Waals surface area contributed by atoms with E-state index in [2.05, 4.69) is 5.10 Å². The van der Waals surface area contributed by atoms with Gasteiger partial charge in [-0.3, -0.25) is 4.68 Å². The van der Waals surface area contributed by atoms with Crippen LogP contribution >= 0.6 is 11.8 Å². The van der Waals surface area contributed by atoms with E-state index in [9.17, 15) is 5.11 Å². The zero-order valence-electron chi connectivity index (χ0n) is 10.7. The number of thioether (sulfide) groups is 1. The van der Waals surface area contributed by atoms with Crippen LogP contribution in [0.5, 0.6) is 0 Å². The van der Waals surface area contributed by atoms with Crippen LogP contribution in [0.2, 0.25) is 0 Å². The SMILES string of the molecule is CSc1ccccc1C(O)CCc1ccnn1C. The topological polar surface area (TPSA) is 38.1 Å². The molecule has 0 fully saturated rings. The van der Waals surface area contributed by atoms with Crippen LogP contribution in [0.1, 0.15) is 23.8 Å². The average Bonchev–Trinajstić information content (AvgIpc) is 2.81. The van der Waals surface area contributed by atoms with Gasteiger partial charge in [0.05, 0.1) is 6.10 Å². The van der Waals surface area contributed by atoms with Gasteiger partial charge in [0.2, 0.25) is 0 Å². The van der Waals surface area contributed by atoms with Gasteiger partial charge in [0.15, 0.2) is 0 Å². The van der Waals surface area contributed by atoms with Crippen molar-refractivity contribution in [3.05, 3.63) is 47.8 Å². The molecule has 0 saturated carbocycles. The molecular formula is C14H18N2OS. The second-order valence-electron chi connectivity index (χ2n) is 4.24. The minimum absolute atomic E-state index is 0.413. The number of nitrogens with zero attached hydrogens (tertiary/aromatic N) is 2. The summed E-state index contributed by atoms with van der Waals surface area (Å²) in [5, 5.41) is 14.4. The lowest BCUT2D eigenvalue weighted by molar-refractivity contribution is 0.164. The van der Waals surface area contributed by atoms with E-state index in [-0.39, 0.29) is 0 Å². The standard InChI is InChI=1S/C14H18N2OS/c1-16-11(9-10-15-16)7-8-13(17)12-5-3-4-6-14(12)18-2/h3-6,9-10,13,17H,7-8H2,1-2H3. The molecule has 0 amide bonds. The number of benzene rings is 1. The monoisotopic (exact) mass is 262 g/mol. The quantitative estimate of drug-likeness (QED) is 0.842. The number of rotatable bonds is 5. The first-order valence-corrected chi connectivity index (χ1v) is 7.22. The third-order valence-corrected chi connectivity index (χ3v) is 3.91. The molecule has 1 atom stereocenters.